The van der Waals surface area contributed by atoms with E-state index in [2.05, 4.69) is 37.9 Å². The first kappa shape index (κ1) is 14.9. The lowest BCUT2D eigenvalue weighted by molar-refractivity contribution is -0.0423. The van der Waals surface area contributed by atoms with Crippen LogP contribution < -0.4 is 5.32 Å². The third-order valence-corrected chi connectivity index (χ3v) is 3.62. The Hall–Kier alpha value is -0.160. The van der Waals surface area contributed by atoms with Gasteiger partial charge in [0.25, 0.3) is 0 Å². The maximum atomic E-state index is 5.75. The summed E-state index contributed by atoms with van der Waals surface area (Å²) < 4.78 is 11.2. The molecule has 4 nitrogen and oxygen atoms in total. The van der Waals surface area contributed by atoms with Crippen molar-refractivity contribution >= 4 is 0 Å². The minimum atomic E-state index is 0.0907. The molecule has 1 fully saturated rings. The Morgan fingerprint density at radius 3 is 2.35 bits per heavy atom. The molecule has 102 valence electrons. The molecule has 0 bridgehead atoms. The van der Waals surface area contributed by atoms with E-state index in [0.717, 1.165) is 32.9 Å². The van der Waals surface area contributed by atoms with Crippen LogP contribution in [0.4, 0.5) is 0 Å². The lowest BCUT2D eigenvalue weighted by atomic mass is 9.92. The molecule has 0 aromatic rings. The predicted molar refractivity (Wildman–Crippen MR) is 70.4 cm³/mol. The molecule has 0 saturated carbocycles. The van der Waals surface area contributed by atoms with E-state index in [1.807, 2.05) is 7.05 Å². The molecule has 1 aliphatic heterocycles. The molecule has 0 aromatic carbocycles. The second kappa shape index (κ2) is 6.69. The van der Waals surface area contributed by atoms with Gasteiger partial charge in [-0.3, -0.25) is 4.90 Å². The number of nitrogens with one attached hydrogen (secondary N) is 1. The zero-order chi connectivity index (χ0) is 12.9. The van der Waals surface area contributed by atoms with Gasteiger partial charge < -0.3 is 14.8 Å². The zero-order valence-corrected chi connectivity index (χ0v) is 12.0. The van der Waals surface area contributed by atoms with Crippen molar-refractivity contribution in [2.75, 3.05) is 40.0 Å². The van der Waals surface area contributed by atoms with Gasteiger partial charge in [-0.2, -0.15) is 0 Å². The smallest absolute Gasteiger partial charge is 0.0640 e. The van der Waals surface area contributed by atoms with Crippen LogP contribution in [0.15, 0.2) is 0 Å². The van der Waals surface area contributed by atoms with Crippen molar-refractivity contribution in [3.05, 3.63) is 0 Å². The third-order valence-electron chi connectivity index (χ3n) is 3.62. The summed E-state index contributed by atoms with van der Waals surface area (Å²) in [5.74, 6) is 0. The Kier molecular flexibility index (Phi) is 5.86. The fourth-order valence-electron chi connectivity index (χ4n) is 2.29. The Morgan fingerprint density at radius 2 is 1.88 bits per heavy atom. The van der Waals surface area contributed by atoms with Gasteiger partial charge in [-0.05, 0) is 34.7 Å². The van der Waals surface area contributed by atoms with Gasteiger partial charge in [0, 0.05) is 24.7 Å². The normalized spacial score (nSPS) is 20.8. The largest absolute Gasteiger partial charge is 0.379 e. The molecule has 1 N–H and O–H groups in total. The summed E-state index contributed by atoms with van der Waals surface area (Å²) in [6.07, 6.45) is 0.284. The van der Waals surface area contributed by atoms with E-state index in [-0.39, 0.29) is 11.6 Å². The number of hydrogen-bond acceptors (Lipinski definition) is 4. The van der Waals surface area contributed by atoms with Crippen LogP contribution in [-0.2, 0) is 9.47 Å². The molecular formula is C13H28N2O2. The lowest BCUT2D eigenvalue weighted by Gasteiger charge is -2.45. The molecule has 0 aliphatic carbocycles. The second-order valence-electron chi connectivity index (χ2n) is 5.48. The minimum absolute atomic E-state index is 0.0907. The lowest BCUT2D eigenvalue weighted by Crippen LogP contribution is -2.61. The number of likely N-dealkylation sites (N-methyl/N-ethyl adjacent to an activating group) is 1. The van der Waals surface area contributed by atoms with E-state index in [0.29, 0.717) is 6.04 Å². The SMILES string of the molecule is CNC(COC(C)C)C(C)(C)N1CCOCC1. The van der Waals surface area contributed by atoms with Gasteiger partial charge >= 0.3 is 0 Å². The first-order valence-electron chi connectivity index (χ1n) is 6.60. The molecule has 0 amide bonds. The van der Waals surface area contributed by atoms with Crippen molar-refractivity contribution in [3.8, 4) is 0 Å². The zero-order valence-electron chi connectivity index (χ0n) is 12.0. The standard InChI is InChI=1S/C13H28N2O2/c1-11(2)17-10-12(14-5)13(3,4)15-6-8-16-9-7-15/h11-12,14H,6-10H2,1-5H3. The fourth-order valence-corrected chi connectivity index (χ4v) is 2.29. The molecule has 1 rings (SSSR count). The molecule has 17 heavy (non-hydrogen) atoms. The minimum Gasteiger partial charge on any atom is -0.379 e. The number of nitrogens with zero attached hydrogens (tertiary/aromatic N) is 1. The van der Waals surface area contributed by atoms with E-state index in [1.165, 1.54) is 0 Å². The monoisotopic (exact) mass is 244 g/mol. The first-order valence-corrected chi connectivity index (χ1v) is 6.60. The molecule has 0 spiro atoms. The van der Waals surface area contributed by atoms with Crippen LogP contribution in [0, 0.1) is 0 Å². The summed E-state index contributed by atoms with van der Waals surface area (Å²) in [5.41, 5.74) is 0.0907. The fraction of sp³-hybridized carbons (Fsp3) is 1.00. The van der Waals surface area contributed by atoms with Gasteiger partial charge in [0.15, 0.2) is 0 Å². The number of morpholine rings is 1. The molecule has 1 unspecified atom stereocenters. The molecular weight excluding hydrogens is 216 g/mol. The number of hydrogen-bond donors (Lipinski definition) is 1. The number of ether oxygens (including phenoxy) is 2. The Bertz CT molecular complexity index is 213. The van der Waals surface area contributed by atoms with E-state index in [9.17, 15) is 0 Å². The molecule has 0 radical (unpaired) electrons. The second-order valence-corrected chi connectivity index (χ2v) is 5.48. The summed E-state index contributed by atoms with van der Waals surface area (Å²) >= 11 is 0. The van der Waals surface area contributed by atoms with E-state index in [1.54, 1.807) is 0 Å². The van der Waals surface area contributed by atoms with Gasteiger partial charge in [-0.25, -0.2) is 0 Å². The van der Waals surface area contributed by atoms with Crippen LogP contribution >= 0.6 is 0 Å². The first-order chi connectivity index (χ1) is 7.98. The average molecular weight is 244 g/mol. The van der Waals surface area contributed by atoms with Crippen LogP contribution in [0.2, 0.25) is 0 Å². The average Bonchev–Trinajstić information content (AvgIpc) is 2.30. The van der Waals surface area contributed by atoms with Crippen LogP contribution in [0.1, 0.15) is 27.7 Å². The maximum Gasteiger partial charge on any atom is 0.0640 e. The van der Waals surface area contributed by atoms with Gasteiger partial charge in [-0.1, -0.05) is 0 Å². The topological polar surface area (TPSA) is 33.7 Å². The summed E-state index contributed by atoms with van der Waals surface area (Å²) in [6, 6.07) is 0.336. The summed E-state index contributed by atoms with van der Waals surface area (Å²) in [5, 5.41) is 3.39. The van der Waals surface area contributed by atoms with Crippen molar-refractivity contribution < 1.29 is 9.47 Å². The van der Waals surface area contributed by atoms with Gasteiger partial charge in [0.1, 0.15) is 0 Å². The summed E-state index contributed by atoms with van der Waals surface area (Å²) in [6.45, 7) is 13.2. The Labute approximate surface area is 106 Å². The molecule has 1 atom stereocenters. The van der Waals surface area contributed by atoms with Crippen molar-refractivity contribution in [3.63, 3.8) is 0 Å². The van der Waals surface area contributed by atoms with Crippen molar-refractivity contribution in [1.29, 1.82) is 0 Å². The van der Waals surface area contributed by atoms with Crippen molar-refractivity contribution in [2.45, 2.75) is 45.4 Å². The molecule has 1 heterocycles. The van der Waals surface area contributed by atoms with Gasteiger partial charge in [0.2, 0.25) is 0 Å². The van der Waals surface area contributed by atoms with E-state index >= 15 is 0 Å². The number of rotatable bonds is 6. The van der Waals surface area contributed by atoms with Crippen LogP contribution in [-0.4, -0.2) is 62.5 Å². The molecule has 1 saturated heterocycles. The van der Waals surface area contributed by atoms with Crippen LogP contribution in [0.25, 0.3) is 0 Å². The highest BCUT2D eigenvalue weighted by Crippen LogP contribution is 2.21. The summed E-state index contributed by atoms with van der Waals surface area (Å²) in [4.78, 5) is 2.49. The third kappa shape index (κ3) is 4.21. The highest BCUT2D eigenvalue weighted by atomic mass is 16.5. The highest BCUT2D eigenvalue weighted by Gasteiger charge is 2.35. The van der Waals surface area contributed by atoms with Crippen molar-refractivity contribution in [1.82, 2.24) is 10.2 Å². The van der Waals surface area contributed by atoms with Crippen LogP contribution in [0.3, 0.4) is 0 Å². The Balaban J connectivity index is 2.56. The predicted octanol–water partition coefficient (Wildman–Crippen LogP) is 1.11. The van der Waals surface area contributed by atoms with Crippen molar-refractivity contribution in [2.24, 2.45) is 0 Å². The molecule has 0 aromatic heterocycles. The van der Waals surface area contributed by atoms with Gasteiger partial charge in [-0.15, -0.1) is 0 Å². The molecule has 4 heteroatoms. The quantitative estimate of drug-likeness (QED) is 0.759. The Morgan fingerprint density at radius 1 is 1.29 bits per heavy atom. The summed E-state index contributed by atoms with van der Waals surface area (Å²) in [7, 11) is 2.01. The highest BCUT2D eigenvalue weighted by molar-refractivity contribution is 4.93. The molecule has 1 aliphatic rings. The van der Waals surface area contributed by atoms with E-state index < -0.39 is 0 Å². The van der Waals surface area contributed by atoms with E-state index in [4.69, 9.17) is 9.47 Å². The van der Waals surface area contributed by atoms with Crippen LogP contribution in [0.5, 0.6) is 0 Å². The maximum absolute atomic E-state index is 5.75. The van der Waals surface area contributed by atoms with Gasteiger partial charge in [0.05, 0.1) is 25.9 Å².